The fraction of sp³-hybridized carbons (Fsp3) is 0.500. The Morgan fingerprint density at radius 1 is 1.45 bits per heavy atom. The van der Waals surface area contributed by atoms with Crippen molar-refractivity contribution in [3.8, 4) is 0 Å². The zero-order valence-electron chi connectivity index (χ0n) is 16.7. The Balaban J connectivity index is 0.00000160. The molecule has 4 N–H and O–H groups in total. The van der Waals surface area contributed by atoms with E-state index in [1.807, 2.05) is 0 Å². The third-order valence-corrected chi connectivity index (χ3v) is 4.97. The molecule has 2 aromatic rings. The zero-order chi connectivity index (χ0) is 20.0. The minimum atomic E-state index is -1.30. The van der Waals surface area contributed by atoms with Crippen LogP contribution in [0.3, 0.4) is 0 Å². The SMILES string of the molecule is CN1CN([C@@H]2O[C@H](COP=O)[C@@H](O)[C@H]2O)c2nc(N)n(-n3ccnc3)c(=O)c21.[H-].[Na+]. The molecule has 152 valence electrons. The summed E-state index contributed by atoms with van der Waals surface area (Å²) in [5.74, 6) is 0.140. The number of hydrogen-bond donors (Lipinski definition) is 3. The molecule has 1 saturated heterocycles. The van der Waals surface area contributed by atoms with E-state index >= 15 is 0 Å². The minimum Gasteiger partial charge on any atom is -1.00 e. The van der Waals surface area contributed by atoms with Gasteiger partial charge in [-0.3, -0.25) is 9.32 Å². The number of imidazole rings is 1. The van der Waals surface area contributed by atoms with Gasteiger partial charge in [0.25, 0.3) is 5.56 Å². The predicted molar refractivity (Wildman–Crippen MR) is 97.0 cm³/mol. The number of aliphatic hydroxyl groups excluding tert-OH is 2. The molecule has 0 unspecified atom stereocenters. The van der Waals surface area contributed by atoms with Gasteiger partial charge in [0.2, 0.25) is 5.95 Å². The first kappa shape index (κ1) is 22.1. The number of anilines is 3. The quantitative estimate of drug-likeness (QED) is 0.306. The molecule has 0 saturated carbocycles. The molecule has 0 spiro atoms. The number of fused-ring (bicyclic) bond motifs is 1. The van der Waals surface area contributed by atoms with Crippen LogP contribution in [0.2, 0.25) is 0 Å². The first-order chi connectivity index (χ1) is 13.4. The standard InChI is InChI=1S/C14H18N7O6P.Na.H/c1-18-6-20(13-10(23)9(22)7(27-13)4-26-28-25)11-8(18)12(24)21(14(15)17-11)19-3-2-16-5-19;;/h2-3,5,7,9-10,13,22-23H,4,6H2,1H3,(H2,15,17);;/q;+1;-1/t7-,9-,10-,13-;;/m1../s1. The summed E-state index contributed by atoms with van der Waals surface area (Å²) in [4.78, 5) is 24.4. The molecule has 29 heavy (non-hydrogen) atoms. The largest absolute Gasteiger partial charge is 1.00 e. The molecule has 0 bridgehead atoms. The van der Waals surface area contributed by atoms with Crippen molar-refractivity contribution in [2.24, 2.45) is 0 Å². The number of aliphatic hydroxyl groups is 2. The summed E-state index contributed by atoms with van der Waals surface area (Å²) >= 11 is 0. The summed E-state index contributed by atoms with van der Waals surface area (Å²) in [6, 6.07) is 0. The Kier molecular flexibility index (Phi) is 6.61. The summed E-state index contributed by atoms with van der Waals surface area (Å²) in [6.45, 7) is 0.000888. The summed E-state index contributed by atoms with van der Waals surface area (Å²) < 4.78 is 23.5. The zero-order valence-corrected chi connectivity index (χ0v) is 18.6. The average molecular weight is 435 g/mol. The van der Waals surface area contributed by atoms with Gasteiger partial charge in [0, 0.05) is 19.4 Å². The van der Waals surface area contributed by atoms with Crippen LogP contribution in [-0.4, -0.2) is 74.4 Å². The first-order valence-electron chi connectivity index (χ1n) is 8.29. The average Bonchev–Trinajstić information content (AvgIpc) is 3.35. The van der Waals surface area contributed by atoms with E-state index in [0.29, 0.717) is 0 Å². The number of aromatic nitrogens is 4. The second-order valence-corrected chi connectivity index (χ2v) is 6.83. The molecular weight excluding hydrogens is 416 g/mol. The molecule has 0 radical (unpaired) electrons. The Bertz CT molecular complexity index is 950. The van der Waals surface area contributed by atoms with E-state index in [9.17, 15) is 19.6 Å². The second kappa shape index (κ2) is 8.66. The van der Waals surface area contributed by atoms with Gasteiger partial charge in [-0.25, -0.2) is 14.2 Å². The number of nitrogens with two attached hydrogens (primary N) is 1. The van der Waals surface area contributed by atoms with Crippen molar-refractivity contribution in [3.63, 3.8) is 0 Å². The molecule has 2 aliphatic rings. The Morgan fingerprint density at radius 2 is 2.21 bits per heavy atom. The van der Waals surface area contributed by atoms with Crippen LogP contribution in [0.5, 0.6) is 0 Å². The van der Waals surface area contributed by atoms with E-state index in [0.717, 1.165) is 4.68 Å². The fourth-order valence-corrected chi connectivity index (χ4v) is 3.64. The third kappa shape index (κ3) is 3.68. The second-order valence-electron chi connectivity index (χ2n) is 6.43. The van der Waals surface area contributed by atoms with Gasteiger partial charge in [-0.15, -0.1) is 0 Å². The van der Waals surface area contributed by atoms with Gasteiger partial charge in [0.15, 0.2) is 12.0 Å². The fourth-order valence-electron chi connectivity index (χ4n) is 3.43. The van der Waals surface area contributed by atoms with E-state index < -0.39 is 38.8 Å². The van der Waals surface area contributed by atoms with E-state index in [2.05, 4.69) is 9.97 Å². The predicted octanol–water partition coefficient (Wildman–Crippen LogP) is -4.67. The van der Waals surface area contributed by atoms with E-state index in [1.165, 1.54) is 22.1 Å². The van der Waals surface area contributed by atoms with E-state index in [1.54, 1.807) is 18.1 Å². The van der Waals surface area contributed by atoms with Gasteiger partial charge in [-0.1, -0.05) is 0 Å². The Labute approximate surface area is 189 Å². The van der Waals surface area contributed by atoms with Crippen molar-refractivity contribution in [2.75, 3.05) is 35.9 Å². The number of hydrogen-bond acceptors (Lipinski definition) is 11. The Hall–Kier alpha value is -1.57. The van der Waals surface area contributed by atoms with Gasteiger partial charge >= 0.3 is 38.2 Å². The molecule has 2 aliphatic heterocycles. The molecule has 4 heterocycles. The number of rotatable bonds is 5. The molecule has 0 aromatic carbocycles. The van der Waals surface area contributed by atoms with Crippen LogP contribution in [0.4, 0.5) is 17.5 Å². The molecule has 15 heteroatoms. The van der Waals surface area contributed by atoms with Crippen LogP contribution >= 0.6 is 8.69 Å². The van der Waals surface area contributed by atoms with Gasteiger partial charge in [-0.2, -0.15) is 9.66 Å². The minimum absolute atomic E-state index is 0. The molecule has 13 nitrogen and oxygen atoms in total. The smallest absolute Gasteiger partial charge is 1.00 e. The molecule has 4 rings (SSSR count). The van der Waals surface area contributed by atoms with Crippen molar-refractivity contribution in [1.29, 1.82) is 0 Å². The normalized spacial score (nSPS) is 26.0. The van der Waals surface area contributed by atoms with Gasteiger partial charge in [0.1, 0.15) is 30.3 Å². The summed E-state index contributed by atoms with van der Waals surface area (Å²) in [5, 5.41) is 20.6. The summed E-state index contributed by atoms with van der Waals surface area (Å²) in [7, 11) is 1.13. The molecule has 0 aliphatic carbocycles. The maximum atomic E-state index is 13.0. The molecule has 2 aromatic heterocycles. The van der Waals surface area contributed by atoms with Crippen LogP contribution in [0.15, 0.2) is 23.5 Å². The van der Waals surface area contributed by atoms with E-state index in [-0.39, 0.29) is 61.7 Å². The third-order valence-electron chi connectivity index (χ3n) is 4.72. The number of ether oxygens (including phenoxy) is 1. The van der Waals surface area contributed by atoms with Gasteiger partial charge in [0.05, 0.1) is 13.3 Å². The number of nitrogens with zero attached hydrogens (tertiary/aromatic N) is 6. The van der Waals surface area contributed by atoms with Crippen molar-refractivity contribution >= 4 is 26.1 Å². The van der Waals surface area contributed by atoms with Crippen molar-refractivity contribution < 1.29 is 55.0 Å². The first-order valence-corrected chi connectivity index (χ1v) is 9.02. The van der Waals surface area contributed by atoms with Crippen LogP contribution in [0.25, 0.3) is 0 Å². The van der Waals surface area contributed by atoms with Crippen LogP contribution < -0.4 is 50.7 Å². The number of nitrogen functional groups attached to an aromatic ring is 1. The van der Waals surface area contributed by atoms with Crippen LogP contribution in [0, 0.1) is 0 Å². The summed E-state index contributed by atoms with van der Waals surface area (Å²) in [6.07, 6.45) is 0.0332. The molecule has 0 amide bonds. The van der Waals surface area contributed by atoms with Gasteiger partial charge < -0.3 is 31.9 Å². The van der Waals surface area contributed by atoms with E-state index in [4.69, 9.17) is 15.0 Å². The van der Waals surface area contributed by atoms with Crippen molar-refractivity contribution in [2.45, 2.75) is 24.5 Å². The molecule has 4 atom stereocenters. The van der Waals surface area contributed by atoms with Gasteiger partial charge in [-0.05, 0) is 0 Å². The van der Waals surface area contributed by atoms with Crippen molar-refractivity contribution in [3.05, 3.63) is 29.1 Å². The molecule has 1 fully saturated rings. The van der Waals surface area contributed by atoms with Crippen LogP contribution in [-0.2, 0) is 13.8 Å². The topological polar surface area (TPSA) is 161 Å². The summed E-state index contributed by atoms with van der Waals surface area (Å²) in [5.41, 5.74) is 5.82. The van der Waals surface area contributed by atoms with Crippen LogP contribution in [0.1, 0.15) is 1.43 Å². The maximum Gasteiger partial charge on any atom is 1.00 e. The Morgan fingerprint density at radius 3 is 2.86 bits per heavy atom. The monoisotopic (exact) mass is 435 g/mol. The maximum absolute atomic E-state index is 13.0. The van der Waals surface area contributed by atoms with Crippen molar-refractivity contribution in [1.82, 2.24) is 19.3 Å². The molecular formula is C14H19N7NaO6P.